The number of urea groups is 2. The molecular formula is C38H42N8O18P2. The van der Waals surface area contributed by atoms with Crippen LogP contribution in [0.25, 0.3) is 22.6 Å². The molecule has 0 spiro atoms. The molecule has 352 valence electrons. The Labute approximate surface area is 374 Å². The molecule has 2 aromatic heterocycles. The van der Waals surface area contributed by atoms with Crippen molar-refractivity contribution in [1.82, 2.24) is 19.8 Å². The third-order valence-electron chi connectivity index (χ3n) is 8.17. The lowest BCUT2D eigenvalue weighted by Crippen LogP contribution is -2.34. The first-order valence-electron chi connectivity index (χ1n) is 19.1. The average molecular weight is 961 g/mol. The number of carbonyl (C=O) groups is 4. The molecule has 6 rings (SSSR count). The van der Waals surface area contributed by atoms with Gasteiger partial charge in [-0.1, -0.05) is 0 Å². The van der Waals surface area contributed by atoms with Crippen LogP contribution in [0.5, 0.6) is 0 Å². The van der Waals surface area contributed by atoms with Crippen LogP contribution >= 0.6 is 15.6 Å². The SMILES string of the molecule is CC(C)(C)OP(=O)(OCN1C(=O)CN(/N=C/c2ccc(-c3ccc([N+](=O)[O-])cc3)o2)C1=O)OC(C)(C)C.O=C1CN(/N=C/c2ccc(-c3ccc([N+](=O)[O-])cc3)o2)C(=O)N1COP(=O)(O)O. The van der Waals surface area contributed by atoms with Crippen molar-refractivity contribution < 1.29 is 74.9 Å². The second-order valence-electron chi connectivity index (χ2n) is 15.7. The van der Waals surface area contributed by atoms with Gasteiger partial charge in [0.25, 0.3) is 23.2 Å². The molecule has 0 atom stereocenters. The molecule has 4 aromatic rings. The van der Waals surface area contributed by atoms with E-state index in [1.807, 2.05) is 0 Å². The lowest BCUT2D eigenvalue weighted by Gasteiger charge is -2.31. The Bertz CT molecular complexity index is 2610. The molecule has 66 heavy (non-hydrogen) atoms. The van der Waals surface area contributed by atoms with Crippen LogP contribution in [0, 0.1) is 20.2 Å². The van der Waals surface area contributed by atoms with Crippen molar-refractivity contribution in [3.63, 3.8) is 0 Å². The molecule has 28 heteroatoms. The number of nitro groups is 2. The highest BCUT2D eigenvalue weighted by Crippen LogP contribution is 2.55. The molecule has 2 aliphatic rings. The Hall–Kier alpha value is -6.76. The fraction of sp³-hybridized carbons (Fsp3) is 0.316. The summed E-state index contributed by atoms with van der Waals surface area (Å²) in [5.41, 5.74) is -0.677. The molecule has 0 aliphatic carbocycles. The van der Waals surface area contributed by atoms with Crippen LogP contribution in [-0.2, 0) is 36.8 Å². The summed E-state index contributed by atoms with van der Waals surface area (Å²) in [7, 11) is -8.99. The maximum absolute atomic E-state index is 13.2. The van der Waals surface area contributed by atoms with Crippen molar-refractivity contribution in [2.24, 2.45) is 10.2 Å². The van der Waals surface area contributed by atoms with Crippen LogP contribution in [0.2, 0.25) is 0 Å². The standard InChI is InChI=1S/C23H29N4O9P.C15H13N4O9P/c1-22(2,3)35-37(32,36-23(4,5)6)33-15-25-20(28)14-26(21(25)29)24-13-18-11-12-19(34-18)16-7-9-17(10-8-16)27(30)31;20-14-8-18(15(21)17(14)9-27-29(24,25)26)16-7-12-5-6-13(28-12)10-1-3-11(4-2-10)19(22)23/h7-13H,14-15H2,1-6H3;1-7H,8-9H2,(H2,24,25,26)/b24-13+;16-7+. The van der Waals surface area contributed by atoms with Gasteiger partial charge < -0.3 is 18.6 Å². The Morgan fingerprint density at radius 3 is 1.33 bits per heavy atom. The number of benzene rings is 2. The third kappa shape index (κ3) is 14.1. The van der Waals surface area contributed by atoms with Gasteiger partial charge in [0.15, 0.2) is 0 Å². The van der Waals surface area contributed by atoms with Gasteiger partial charge in [0.05, 0.1) is 33.5 Å². The summed E-state index contributed by atoms with van der Waals surface area (Å²) in [4.78, 5) is 88.0. The van der Waals surface area contributed by atoms with E-state index in [1.165, 1.54) is 54.9 Å². The van der Waals surface area contributed by atoms with Crippen LogP contribution in [0.4, 0.5) is 21.0 Å². The number of nitro benzene ring substituents is 2. The summed E-state index contributed by atoms with van der Waals surface area (Å²) in [5.74, 6) is -0.00295. The maximum Gasteiger partial charge on any atom is 0.477 e. The van der Waals surface area contributed by atoms with Crippen molar-refractivity contribution in [2.45, 2.75) is 52.7 Å². The summed E-state index contributed by atoms with van der Waals surface area (Å²) < 4.78 is 55.5. The minimum Gasteiger partial charge on any atom is -0.455 e. The van der Waals surface area contributed by atoms with E-state index in [0.29, 0.717) is 27.5 Å². The van der Waals surface area contributed by atoms with Gasteiger partial charge in [-0.05, 0) is 90.1 Å². The maximum atomic E-state index is 13.2. The van der Waals surface area contributed by atoms with Crippen LogP contribution < -0.4 is 0 Å². The highest BCUT2D eigenvalue weighted by Gasteiger charge is 2.42. The van der Waals surface area contributed by atoms with Crippen LogP contribution in [0.3, 0.4) is 0 Å². The molecule has 2 saturated heterocycles. The fourth-order valence-electron chi connectivity index (χ4n) is 5.40. The number of carbonyl (C=O) groups excluding carboxylic acids is 4. The monoisotopic (exact) mass is 960 g/mol. The van der Waals surface area contributed by atoms with E-state index in [2.05, 4.69) is 14.7 Å². The van der Waals surface area contributed by atoms with Gasteiger partial charge in [0.1, 0.15) is 49.6 Å². The Morgan fingerprint density at radius 1 is 0.636 bits per heavy atom. The number of rotatable bonds is 16. The first-order valence-corrected chi connectivity index (χ1v) is 22.1. The lowest BCUT2D eigenvalue weighted by atomic mass is 10.1. The first-order chi connectivity index (χ1) is 30.7. The van der Waals surface area contributed by atoms with Gasteiger partial charge in [-0.25, -0.2) is 38.5 Å². The van der Waals surface area contributed by atoms with Gasteiger partial charge in [-0.15, -0.1) is 0 Å². The van der Waals surface area contributed by atoms with Crippen molar-refractivity contribution in [2.75, 3.05) is 26.6 Å². The summed E-state index contributed by atoms with van der Waals surface area (Å²) >= 11 is 0. The predicted octanol–water partition coefficient (Wildman–Crippen LogP) is 6.69. The van der Waals surface area contributed by atoms with Crippen molar-refractivity contribution in [3.8, 4) is 22.6 Å². The molecule has 0 unspecified atom stereocenters. The van der Waals surface area contributed by atoms with E-state index in [0.717, 1.165) is 14.9 Å². The number of non-ortho nitro benzene ring substituents is 2. The minimum absolute atomic E-state index is 0.0471. The molecule has 6 amide bonds. The molecule has 2 fully saturated rings. The number of furan rings is 2. The predicted molar refractivity (Wildman–Crippen MR) is 228 cm³/mol. The lowest BCUT2D eigenvalue weighted by molar-refractivity contribution is -0.385. The van der Waals surface area contributed by atoms with Gasteiger partial charge in [0.2, 0.25) is 0 Å². The fourth-order valence-corrected chi connectivity index (χ4v) is 7.40. The van der Waals surface area contributed by atoms with Gasteiger partial charge >= 0.3 is 27.7 Å². The molecule has 0 bridgehead atoms. The largest absolute Gasteiger partial charge is 0.477 e. The number of hydrogen-bond acceptors (Lipinski definition) is 18. The smallest absolute Gasteiger partial charge is 0.455 e. The minimum atomic E-state index is -4.84. The van der Waals surface area contributed by atoms with E-state index in [1.54, 1.807) is 71.9 Å². The number of phosphoric ester groups is 2. The van der Waals surface area contributed by atoms with Gasteiger partial charge in [-0.3, -0.25) is 47.9 Å². The number of hydrogen-bond donors (Lipinski definition) is 2. The molecule has 26 nitrogen and oxygen atoms in total. The number of amides is 6. The number of nitrogens with zero attached hydrogens (tertiary/aromatic N) is 8. The van der Waals surface area contributed by atoms with Crippen molar-refractivity contribution in [1.29, 1.82) is 0 Å². The molecule has 0 radical (unpaired) electrons. The zero-order chi connectivity index (χ0) is 48.8. The molecule has 2 aliphatic heterocycles. The second kappa shape index (κ2) is 20.2. The van der Waals surface area contributed by atoms with E-state index in [4.69, 9.17) is 32.2 Å². The van der Waals surface area contributed by atoms with Crippen LogP contribution in [-0.4, -0.2) is 114 Å². The van der Waals surface area contributed by atoms with E-state index < -0.39 is 80.6 Å². The highest BCUT2D eigenvalue weighted by molar-refractivity contribution is 7.48. The molecule has 4 heterocycles. The topological polar surface area (TPSA) is 330 Å². The molecule has 0 saturated carbocycles. The number of hydrazone groups is 2. The quantitative estimate of drug-likeness (QED) is 0.0388. The van der Waals surface area contributed by atoms with Gasteiger partial charge in [-0.2, -0.15) is 10.2 Å². The zero-order valence-electron chi connectivity index (χ0n) is 35.8. The summed E-state index contributed by atoms with van der Waals surface area (Å²) in [6, 6.07) is 16.1. The average Bonchev–Trinajstić information content (AvgIpc) is 4.00. The van der Waals surface area contributed by atoms with E-state index in [9.17, 15) is 48.5 Å². The summed E-state index contributed by atoms with van der Waals surface area (Å²) in [6.07, 6.45) is 2.42. The molecular weight excluding hydrogens is 918 g/mol. The summed E-state index contributed by atoms with van der Waals surface area (Å²) in [6.45, 7) is 7.64. The van der Waals surface area contributed by atoms with Crippen LogP contribution in [0.15, 0.2) is 91.8 Å². The Balaban J connectivity index is 0.000000255. The Morgan fingerprint density at radius 2 is 1.00 bits per heavy atom. The zero-order valence-corrected chi connectivity index (χ0v) is 37.6. The van der Waals surface area contributed by atoms with Crippen LogP contribution in [0.1, 0.15) is 53.1 Å². The number of imide groups is 2. The normalized spacial score (nSPS) is 15.2. The van der Waals surface area contributed by atoms with Crippen molar-refractivity contribution in [3.05, 3.63) is 105 Å². The molecule has 2 aromatic carbocycles. The van der Waals surface area contributed by atoms with Gasteiger partial charge in [0, 0.05) is 35.4 Å². The second-order valence-corrected chi connectivity index (χ2v) is 18.4. The van der Waals surface area contributed by atoms with E-state index in [-0.39, 0.29) is 29.4 Å². The van der Waals surface area contributed by atoms with Crippen molar-refractivity contribution >= 4 is 63.3 Å². The summed E-state index contributed by atoms with van der Waals surface area (Å²) in [5, 5.41) is 31.0. The first kappa shape index (κ1) is 50.2. The van der Waals surface area contributed by atoms with E-state index >= 15 is 0 Å². The Kier molecular flexibility index (Phi) is 15.4. The highest BCUT2D eigenvalue weighted by atomic mass is 31.2. The third-order valence-corrected chi connectivity index (χ3v) is 10.6. The number of phosphoric acid groups is 2. The molecule has 2 N–H and O–H groups in total.